The molecule has 1 unspecified atom stereocenters. The second-order valence-corrected chi connectivity index (χ2v) is 6.05. The zero-order chi connectivity index (χ0) is 15.8. The summed E-state index contributed by atoms with van der Waals surface area (Å²) in [5.41, 5.74) is 0. The standard InChI is InChI=1S/C15H29N3O3/c1-4-5-6-13(11-18(21)12-19)15(20)17(3)14-7-9-16(2)10-8-14/h12-14,21H,4-11H2,1-3H3. The summed E-state index contributed by atoms with van der Waals surface area (Å²) in [7, 11) is 3.94. The molecule has 1 fully saturated rings. The number of piperidine rings is 1. The normalized spacial score (nSPS) is 18.3. The van der Waals surface area contributed by atoms with Crippen LogP contribution in [0.1, 0.15) is 39.0 Å². The minimum atomic E-state index is -0.315. The molecule has 1 atom stereocenters. The van der Waals surface area contributed by atoms with E-state index in [1.165, 1.54) is 0 Å². The Hall–Kier alpha value is -1.14. The molecule has 0 bridgehead atoms. The molecular weight excluding hydrogens is 270 g/mol. The highest BCUT2D eigenvalue weighted by Gasteiger charge is 2.29. The lowest BCUT2D eigenvalue weighted by atomic mass is 9.97. The van der Waals surface area contributed by atoms with Crippen LogP contribution < -0.4 is 0 Å². The van der Waals surface area contributed by atoms with Crippen molar-refractivity contribution in [2.75, 3.05) is 33.7 Å². The summed E-state index contributed by atoms with van der Waals surface area (Å²) in [5, 5.41) is 9.98. The second kappa shape index (κ2) is 9.00. The molecule has 0 spiro atoms. The van der Waals surface area contributed by atoms with Crippen molar-refractivity contribution in [2.24, 2.45) is 5.92 Å². The van der Waals surface area contributed by atoms with E-state index >= 15 is 0 Å². The van der Waals surface area contributed by atoms with Crippen molar-refractivity contribution in [3.63, 3.8) is 0 Å². The van der Waals surface area contributed by atoms with Crippen LogP contribution in [-0.2, 0) is 9.59 Å². The third-order valence-corrected chi connectivity index (χ3v) is 4.37. The maximum Gasteiger partial charge on any atom is 0.233 e. The number of rotatable bonds is 8. The van der Waals surface area contributed by atoms with Gasteiger partial charge in [-0.2, -0.15) is 0 Å². The molecule has 1 N–H and O–H groups in total. The molecule has 1 aliphatic rings. The van der Waals surface area contributed by atoms with Crippen molar-refractivity contribution < 1.29 is 14.8 Å². The molecule has 0 saturated carbocycles. The molecule has 0 aromatic heterocycles. The summed E-state index contributed by atoms with van der Waals surface area (Å²) in [6.45, 7) is 4.16. The van der Waals surface area contributed by atoms with Gasteiger partial charge in [0.1, 0.15) is 0 Å². The Morgan fingerprint density at radius 2 is 2.05 bits per heavy atom. The maximum atomic E-state index is 12.6. The van der Waals surface area contributed by atoms with E-state index in [9.17, 15) is 14.8 Å². The lowest BCUT2D eigenvalue weighted by Gasteiger charge is -2.37. The highest BCUT2D eigenvalue weighted by Crippen LogP contribution is 2.19. The lowest BCUT2D eigenvalue weighted by molar-refractivity contribution is -0.157. The van der Waals surface area contributed by atoms with Crippen LogP contribution in [0.25, 0.3) is 0 Å². The predicted molar refractivity (Wildman–Crippen MR) is 80.9 cm³/mol. The molecule has 0 aliphatic carbocycles. The molecular formula is C15H29N3O3. The van der Waals surface area contributed by atoms with Gasteiger partial charge in [0.25, 0.3) is 0 Å². The van der Waals surface area contributed by atoms with Crippen LogP contribution in [0, 0.1) is 5.92 Å². The predicted octanol–water partition coefficient (Wildman–Crippen LogP) is 1.19. The summed E-state index contributed by atoms with van der Waals surface area (Å²) in [6.07, 6.45) is 4.95. The van der Waals surface area contributed by atoms with Crippen molar-refractivity contribution in [3.05, 3.63) is 0 Å². The smallest absolute Gasteiger partial charge is 0.233 e. The summed E-state index contributed by atoms with van der Waals surface area (Å²) in [6, 6.07) is 0.265. The first-order valence-corrected chi connectivity index (χ1v) is 7.85. The van der Waals surface area contributed by atoms with Gasteiger partial charge in [-0.15, -0.1) is 0 Å². The second-order valence-electron chi connectivity index (χ2n) is 6.05. The number of hydroxylamine groups is 2. The number of carbonyl (C=O) groups excluding carboxylic acids is 2. The Balaban J connectivity index is 2.62. The Kier molecular flexibility index (Phi) is 7.67. The van der Waals surface area contributed by atoms with Crippen LogP contribution in [0.4, 0.5) is 0 Å². The van der Waals surface area contributed by atoms with Gasteiger partial charge in [0.2, 0.25) is 12.3 Å². The molecule has 21 heavy (non-hydrogen) atoms. The highest BCUT2D eigenvalue weighted by molar-refractivity contribution is 5.79. The Morgan fingerprint density at radius 3 is 2.57 bits per heavy atom. The molecule has 122 valence electrons. The summed E-state index contributed by atoms with van der Waals surface area (Å²) in [4.78, 5) is 27.3. The van der Waals surface area contributed by atoms with E-state index in [1.807, 2.05) is 11.9 Å². The van der Waals surface area contributed by atoms with Crippen LogP contribution >= 0.6 is 0 Å². The number of amides is 2. The first-order chi connectivity index (χ1) is 9.99. The Labute approximate surface area is 127 Å². The number of hydrogen-bond acceptors (Lipinski definition) is 4. The highest BCUT2D eigenvalue weighted by atomic mass is 16.5. The van der Waals surface area contributed by atoms with Gasteiger partial charge < -0.3 is 9.80 Å². The number of carbonyl (C=O) groups is 2. The zero-order valence-corrected chi connectivity index (χ0v) is 13.5. The zero-order valence-electron chi connectivity index (χ0n) is 13.5. The van der Waals surface area contributed by atoms with Crippen molar-refractivity contribution in [1.29, 1.82) is 0 Å². The van der Waals surface area contributed by atoms with Crippen LogP contribution in [0.5, 0.6) is 0 Å². The monoisotopic (exact) mass is 299 g/mol. The molecule has 1 saturated heterocycles. The SMILES string of the molecule is CCCCC(CN(O)C=O)C(=O)N(C)C1CCN(C)CC1. The third kappa shape index (κ3) is 5.63. The third-order valence-electron chi connectivity index (χ3n) is 4.37. The minimum Gasteiger partial charge on any atom is -0.342 e. The fourth-order valence-electron chi connectivity index (χ4n) is 2.86. The van der Waals surface area contributed by atoms with Crippen molar-refractivity contribution >= 4 is 12.3 Å². The number of nitrogens with zero attached hydrogens (tertiary/aromatic N) is 3. The summed E-state index contributed by atoms with van der Waals surface area (Å²) in [5.74, 6) is -0.274. The summed E-state index contributed by atoms with van der Waals surface area (Å²) >= 11 is 0. The molecule has 6 nitrogen and oxygen atoms in total. The van der Waals surface area contributed by atoms with Crippen LogP contribution in [0.3, 0.4) is 0 Å². The van der Waals surface area contributed by atoms with Crippen LogP contribution in [-0.4, -0.2) is 72.2 Å². The molecule has 0 aromatic carbocycles. The minimum absolute atomic E-state index is 0.0407. The van der Waals surface area contributed by atoms with Crippen LogP contribution in [0.2, 0.25) is 0 Å². The number of likely N-dealkylation sites (tertiary alicyclic amines) is 1. The largest absolute Gasteiger partial charge is 0.342 e. The van der Waals surface area contributed by atoms with Gasteiger partial charge in [-0.1, -0.05) is 19.8 Å². The van der Waals surface area contributed by atoms with E-state index in [2.05, 4.69) is 18.9 Å². The fourth-order valence-corrected chi connectivity index (χ4v) is 2.86. The van der Waals surface area contributed by atoms with E-state index in [1.54, 1.807) is 0 Å². The first kappa shape index (κ1) is 17.9. The van der Waals surface area contributed by atoms with Crippen molar-refractivity contribution in [2.45, 2.75) is 45.1 Å². The van der Waals surface area contributed by atoms with Crippen molar-refractivity contribution in [1.82, 2.24) is 14.9 Å². The van der Waals surface area contributed by atoms with E-state index in [4.69, 9.17) is 0 Å². The van der Waals surface area contributed by atoms with Crippen molar-refractivity contribution in [3.8, 4) is 0 Å². The van der Waals surface area contributed by atoms with Gasteiger partial charge in [-0.05, 0) is 39.4 Å². The molecule has 0 radical (unpaired) electrons. The van der Waals surface area contributed by atoms with E-state index < -0.39 is 0 Å². The fraction of sp³-hybridized carbons (Fsp3) is 0.867. The van der Waals surface area contributed by atoms with E-state index in [0.717, 1.165) is 38.8 Å². The average Bonchev–Trinajstić information content (AvgIpc) is 2.50. The molecule has 1 heterocycles. The van der Waals surface area contributed by atoms with E-state index in [0.29, 0.717) is 17.9 Å². The summed E-state index contributed by atoms with van der Waals surface area (Å²) < 4.78 is 0. The van der Waals surface area contributed by atoms with Gasteiger partial charge in [-0.3, -0.25) is 14.8 Å². The van der Waals surface area contributed by atoms with Gasteiger partial charge in [-0.25, -0.2) is 5.06 Å². The topological polar surface area (TPSA) is 64.1 Å². The molecule has 1 rings (SSSR count). The molecule has 1 aliphatic heterocycles. The van der Waals surface area contributed by atoms with Gasteiger partial charge in [0, 0.05) is 13.1 Å². The number of unbranched alkanes of at least 4 members (excludes halogenated alkanes) is 1. The maximum absolute atomic E-state index is 12.6. The lowest BCUT2D eigenvalue weighted by Crippen LogP contribution is -2.48. The number of hydrogen-bond donors (Lipinski definition) is 1. The van der Waals surface area contributed by atoms with E-state index in [-0.39, 0.29) is 24.4 Å². The average molecular weight is 299 g/mol. The quantitative estimate of drug-likeness (QED) is 0.415. The molecule has 2 amide bonds. The van der Waals surface area contributed by atoms with Crippen LogP contribution in [0.15, 0.2) is 0 Å². The molecule has 6 heteroatoms. The van der Waals surface area contributed by atoms with Gasteiger partial charge >= 0.3 is 0 Å². The first-order valence-electron chi connectivity index (χ1n) is 7.85. The molecule has 0 aromatic rings. The van der Waals surface area contributed by atoms with Gasteiger partial charge in [0.05, 0.1) is 12.5 Å². The Morgan fingerprint density at radius 1 is 1.43 bits per heavy atom. The Bertz CT molecular complexity index is 330. The van der Waals surface area contributed by atoms with Gasteiger partial charge in [0.15, 0.2) is 0 Å².